The zero-order chi connectivity index (χ0) is 26.8. The van der Waals surface area contributed by atoms with Crippen molar-refractivity contribution in [1.29, 1.82) is 0 Å². The summed E-state index contributed by atoms with van der Waals surface area (Å²) >= 11 is 0. The van der Waals surface area contributed by atoms with E-state index in [2.05, 4.69) is 30.9 Å². The first-order valence-corrected chi connectivity index (χ1v) is 11.6. The monoisotopic (exact) mass is 533 g/mol. The van der Waals surface area contributed by atoms with E-state index in [0.717, 1.165) is 6.20 Å². The van der Waals surface area contributed by atoms with Crippen molar-refractivity contribution >= 4 is 11.5 Å². The number of hydrogen-bond acceptors (Lipinski definition) is 9. The van der Waals surface area contributed by atoms with Gasteiger partial charge in [-0.05, 0) is 25.1 Å². The van der Waals surface area contributed by atoms with Crippen LogP contribution in [0.5, 0.6) is 5.88 Å². The summed E-state index contributed by atoms with van der Waals surface area (Å²) < 4.78 is 58.7. The number of nitrogens with zero attached hydrogens (tertiary/aromatic N) is 8. The fourth-order valence-corrected chi connectivity index (χ4v) is 3.92. The fraction of sp³-hybridized carbons (Fsp3) is 0.348. The molecule has 0 amide bonds. The number of anilines is 2. The summed E-state index contributed by atoms with van der Waals surface area (Å²) in [5.74, 6) is 0.713. The van der Waals surface area contributed by atoms with Crippen LogP contribution in [0.15, 0.2) is 48.8 Å². The highest BCUT2D eigenvalue weighted by molar-refractivity contribution is 5.44. The zero-order valence-corrected chi connectivity index (χ0v) is 20.0. The molecule has 4 heterocycles. The molecule has 1 saturated heterocycles. The quantitative estimate of drug-likeness (QED) is 0.234. The van der Waals surface area contributed by atoms with Crippen molar-refractivity contribution in [3.8, 4) is 11.6 Å². The second-order valence-electron chi connectivity index (χ2n) is 8.68. The molecule has 15 heteroatoms. The van der Waals surface area contributed by atoms with Gasteiger partial charge in [0.15, 0.2) is 5.82 Å². The molecule has 1 atom stereocenters. The molecule has 11 nitrogen and oxygen atoms in total. The maximum atomic E-state index is 12.8. The van der Waals surface area contributed by atoms with Crippen molar-refractivity contribution in [2.75, 3.05) is 23.3 Å². The highest BCUT2D eigenvalue weighted by Gasteiger charge is 2.34. The molecular weight excluding hydrogens is 510 g/mol. The summed E-state index contributed by atoms with van der Waals surface area (Å²) in [6.07, 6.45) is -1.14. The number of aromatic nitrogens is 7. The van der Waals surface area contributed by atoms with Crippen LogP contribution in [-0.4, -0.2) is 59.4 Å². The smallest absolute Gasteiger partial charge is 0.333 e. The molecule has 0 bridgehead atoms. The Balaban J connectivity index is 1.14. The van der Waals surface area contributed by atoms with Crippen molar-refractivity contribution in [2.45, 2.75) is 32.7 Å². The average Bonchev–Trinajstić information content (AvgIpc) is 3.49. The molecule has 0 radical (unpaired) electrons. The molecule has 2 N–H and O–H groups in total. The number of aliphatic hydroxyl groups excluding tert-OH is 1. The third kappa shape index (κ3) is 5.37. The first kappa shape index (κ1) is 25.4. The predicted molar refractivity (Wildman–Crippen MR) is 126 cm³/mol. The summed E-state index contributed by atoms with van der Waals surface area (Å²) in [6, 6.07) is 9.14. The van der Waals surface area contributed by atoms with Crippen LogP contribution < -0.4 is 15.0 Å². The molecule has 1 aliphatic rings. The maximum absolute atomic E-state index is 12.8. The molecule has 0 saturated carbocycles. The van der Waals surface area contributed by atoms with Gasteiger partial charge in [0, 0.05) is 30.6 Å². The van der Waals surface area contributed by atoms with Crippen LogP contribution in [-0.2, 0) is 6.61 Å². The van der Waals surface area contributed by atoms with E-state index in [1.165, 1.54) is 35.1 Å². The number of aliphatic hydroxyl groups is 1. The number of nitrogens with one attached hydrogen (secondary N) is 1. The second-order valence-corrected chi connectivity index (χ2v) is 8.68. The lowest BCUT2D eigenvalue weighted by molar-refractivity contribution is 0.0566. The van der Waals surface area contributed by atoms with Gasteiger partial charge in [0.25, 0.3) is 6.43 Å². The van der Waals surface area contributed by atoms with E-state index in [4.69, 9.17) is 4.74 Å². The van der Waals surface area contributed by atoms with Gasteiger partial charge in [-0.2, -0.15) is 13.9 Å². The molecule has 5 rings (SSSR count). The molecule has 1 aromatic carbocycles. The average molecular weight is 533 g/mol. The lowest BCUT2D eigenvalue weighted by Gasteiger charge is -2.42. The SMILES string of the molecule is Cc1nnn(-c2ccc(C(F)F)cc2)c1COc1ccc(N2CC(C(O)Nc3cnn(C(F)F)c3)C2)nn1. The standard InChI is InChI=1S/C23H23F4N9O2/c1-13-18(36(33-30-13)17-4-2-14(3-5-17)21(24)25)12-38-20-7-6-19(31-32-20)34-9-15(10-34)22(37)29-16-8-28-35(11-16)23(26)27/h2-8,11,15,21-23,29,37H,9-10,12H2,1H3. The Bertz CT molecular complexity index is 1360. The van der Waals surface area contributed by atoms with Crippen LogP contribution in [0.4, 0.5) is 29.1 Å². The molecule has 1 aliphatic heterocycles. The fourth-order valence-electron chi connectivity index (χ4n) is 3.92. The third-order valence-corrected chi connectivity index (χ3v) is 6.13. The summed E-state index contributed by atoms with van der Waals surface area (Å²) in [4.78, 5) is 1.90. The Morgan fingerprint density at radius 3 is 2.45 bits per heavy atom. The predicted octanol–water partition coefficient (Wildman–Crippen LogP) is 3.34. The third-order valence-electron chi connectivity index (χ3n) is 6.13. The normalized spacial score (nSPS) is 14.7. The van der Waals surface area contributed by atoms with Crippen molar-refractivity contribution in [3.63, 3.8) is 0 Å². The van der Waals surface area contributed by atoms with E-state index in [0.29, 0.717) is 46.4 Å². The molecular formula is C23H23F4N9O2. The molecule has 38 heavy (non-hydrogen) atoms. The molecule has 3 aromatic heterocycles. The minimum atomic E-state index is -2.75. The number of alkyl halides is 4. The Morgan fingerprint density at radius 2 is 1.82 bits per heavy atom. The first-order chi connectivity index (χ1) is 18.3. The Kier molecular flexibility index (Phi) is 7.09. The summed E-state index contributed by atoms with van der Waals surface area (Å²) in [5.41, 5.74) is 2.04. The van der Waals surface area contributed by atoms with E-state index >= 15 is 0 Å². The van der Waals surface area contributed by atoms with E-state index in [9.17, 15) is 22.7 Å². The molecule has 1 fully saturated rings. The first-order valence-electron chi connectivity index (χ1n) is 11.6. The number of benzene rings is 1. The molecule has 200 valence electrons. The maximum Gasteiger partial charge on any atom is 0.333 e. The minimum absolute atomic E-state index is 0.0786. The van der Waals surface area contributed by atoms with Crippen molar-refractivity contribution in [3.05, 3.63) is 65.7 Å². The van der Waals surface area contributed by atoms with Gasteiger partial charge in [-0.25, -0.2) is 18.1 Å². The van der Waals surface area contributed by atoms with Gasteiger partial charge in [0.2, 0.25) is 5.88 Å². The second kappa shape index (κ2) is 10.6. The van der Waals surface area contributed by atoms with Crippen molar-refractivity contribution in [1.82, 2.24) is 35.0 Å². The van der Waals surface area contributed by atoms with Crippen molar-refractivity contribution < 1.29 is 27.4 Å². The van der Waals surface area contributed by atoms with Crippen LogP contribution in [0.3, 0.4) is 0 Å². The van der Waals surface area contributed by atoms with Gasteiger partial charge in [-0.15, -0.1) is 15.3 Å². The van der Waals surface area contributed by atoms with Gasteiger partial charge in [0.05, 0.1) is 29.5 Å². The molecule has 0 aliphatic carbocycles. The highest BCUT2D eigenvalue weighted by Crippen LogP contribution is 2.27. The number of rotatable bonds is 10. The van der Waals surface area contributed by atoms with Crippen LogP contribution in [0.2, 0.25) is 0 Å². The van der Waals surface area contributed by atoms with Crippen LogP contribution in [0.25, 0.3) is 5.69 Å². The largest absolute Gasteiger partial charge is 0.470 e. The van der Waals surface area contributed by atoms with E-state index in [1.807, 2.05) is 4.90 Å². The zero-order valence-electron chi connectivity index (χ0n) is 20.0. The number of ether oxygens (including phenoxy) is 1. The minimum Gasteiger partial charge on any atom is -0.470 e. The number of aryl methyl sites for hydroxylation is 1. The molecule has 1 unspecified atom stereocenters. The van der Waals surface area contributed by atoms with Gasteiger partial charge < -0.3 is 20.1 Å². The molecule has 0 spiro atoms. The lowest BCUT2D eigenvalue weighted by Crippen LogP contribution is -2.54. The van der Waals surface area contributed by atoms with E-state index in [-0.39, 0.29) is 24.0 Å². The van der Waals surface area contributed by atoms with Gasteiger partial charge >= 0.3 is 6.55 Å². The van der Waals surface area contributed by atoms with Crippen LogP contribution in [0, 0.1) is 12.8 Å². The number of halogens is 4. The topological polar surface area (TPSA) is 119 Å². The van der Waals surface area contributed by atoms with E-state index in [1.54, 1.807) is 19.1 Å². The van der Waals surface area contributed by atoms with Crippen LogP contribution in [0.1, 0.15) is 29.9 Å². The van der Waals surface area contributed by atoms with Gasteiger partial charge in [-0.1, -0.05) is 17.3 Å². The lowest BCUT2D eigenvalue weighted by atomic mass is 9.98. The highest BCUT2D eigenvalue weighted by atomic mass is 19.3. The number of hydrogen-bond donors (Lipinski definition) is 2. The van der Waals surface area contributed by atoms with Gasteiger partial charge in [-0.3, -0.25) is 0 Å². The van der Waals surface area contributed by atoms with Crippen molar-refractivity contribution in [2.24, 2.45) is 5.92 Å². The molecule has 4 aromatic rings. The van der Waals surface area contributed by atoms with Gasteiger partial charge in [0.1, 0.15) is 18.5 Å². The summed E-state index contributed by atoms with van der Waals surface area (Å²) in [7, 11) is 0. The summed E-state index contributed by atoms with van der Waals surface area (Å²) in [6.45, 7) is 0.0671. The summed E-state index contributed by atoms with van der Waals surface area (Å²) in [5, 5.41) is 33.0. The Hall–Kier alpha value is -4.27. The Labute approximate surface area is 213 Å². The van der Waals surface area contributed by atoms with Crippen LogP contribution >= 0.6 is 0 Å². The Morgan fingerprint density at radius 1 is 1.05 bits per heavy atom. The van der Waals surface area contributed by atoms with E-state index < -0.39 is 19.2 Å².